The third kappa shape index (κ3) is 6.23. The van der Waals surface area contributed by atoms with E-state index in [1.165, 1.54) is 0 Å². The molecule has 66 valence electrons. The Labute approximate surface area is 73.1 Å². The van der Waals surface area contributed by atoms with Gasteiger partial charge in [0.05, 0.1) is 0 Å². The number of thioether (sulfide) groups is 1. The predicted octanol–water partition coefficient (Wildman–Crippen LogP) is 1.65. The Morgan fingerprint density at radius 1 is 1.55 bits per heavy atom. The first-order valence-corrected chi connectivity index (χ1v) is 5.23. The van der Waals surface area contributed by atoms with Crippen LogP contribution in [-0.4, -0.2) is 23.5 Å². The van der Waals surface area contributed by atoms with Crippen molar-refractivity contribution in [2.45, 2.75) is 33.2 Å². The second-order valence-electron chi connectivity index (χ2n) is 2.48. The summed E-state index contributed by atoms with van der Waals surface area (Å²) in [6.07, 6.45) is 0.584. The number of carbonyl (C=O) groups is 1. The van der Waals surface area contributed by atoms with Crippen molar-refractivity contribution in [3.8, 4) is 0 Å². The van der Waals surface area contributed by atoms with Gasteiger partial charge in [-0.15, -0.1) is 0 Å². The highest BCUT2D eigenvalue weighted by Gasteiger charge is 2.03. The number of rotatable bonds is 5. The maximum absolute atomic E-state index is 10.9. The van der Waals surface area contributed by atoms with Gasteiger partial charge in [0.1, 0.15) is 0 Å². The molecule has 0 rings (SSSR count). The molecule has 1 amide bonds. The molecule has 0 spiro atoms. The molecule has 0 aromatic rings. The van der Waals surface area contributed by atoms with Gasteiger partial charge in [0.15, 0.2) is 0 Å². The van der Waals surface area contributed by atoms with Crippen molar-refractivity contribution in [1.29, 1.82) is 0 Å². The molecule has 0 fully saturated rings. The molecule has 0 aliphatic carbocycles. The lowest BCUT2D eigenvalue weighted by molar-refractivity contribution is -0.121. The maximum atomic E-state index is 10.9. The van der Waals surface area contributed by atoms with Gasteiger partial charge in [-0.2, -0.15) is 11.8 Å². The van der Waals surface area contributed by atoms with Gasteiger partial charge in [0.25, 0.3) is 0 Å². The van der Waals surface area contributed by atoms with Crippen molar-refractivity contribution in [3.63, 3.8) is 0 Å². The van der Waals surface area contributed by atoms with Crippen molar-refractivity contribution in [1.82, 2.24) is 5.32 Å². The Hall–Kier alpha value is -0.180. The number of nitrogens with one attached hydrogen (secondary N) is 1. The lowest BCUT2D eigenvalue weighted by Crippen LogP contribution is -2.33. The molecule has 0 radical (unpaired) electrons. The first-order chi connectivity index (χ1) is 5.20. The van der Waals surface area contributed by atoms with Crippen molar-refractivity contribution in [2.24, 2.45) is 0 Å². The van der Waals surface area contributed by atoms with E-state index in [2.05, 4.69) is 12.2 Å². The molecule has 0 saturated carbocycles. The second kappa shape index (κ2) is 6.53. The third-order valence-corrected chi connectivity index (χ3v) is 2.44. The summed E-state index contributed by atoms with van der Waals surface area (Å²) in [4.78, 5) is 10.9. The molecule has 0 saturated heterocycles. The minimum atomic E-state index is 0.147. The van der Waals surface area contributed by atoms with E-state index in [0.29, 0.717) is 12.5 Å². The van der Waals surface area contributed by atoms with E-state index >= 15 is 0 Å². The highest BCUT2D eigenvalue weighted by Crippen LogP contribution is 2.00. The fourth-order valence-corrected chi connectivity index (χ4v) is 1.39. The molecule has 1 N–H and O–H groups in total. The minimum Gasteiger partial charge on any atom is -0.353 e. The minimum absolute atomic E-state index is 0.147. The summed E-state index contributed by atoms with van der Waals surface area (Å²) in [5, 5.41) is 2.90. The fourth-order valence-electron chi connectivity index (χ4n) is 0.713. The summed E-state index contributed by atoms with van der Waals surface area (Å²) in [7, 11) is 0. The van der Waals surface area contributed by atoms with Crippen LogP contribution in [0.2, 0.25) is 0 Å². The van der Waals surface area contributed by atoms with Gasteiger partial charge in [0.2, 0.25) is 5.91 Å². The quantitative estimate of drug-likeness (QED) is 0.688. The Bertz CT molecular complexity index is 117. The van der Waals surface area contributed by atoms with Crippen LogP contribution in [0.25, 0.3) is 0 Å². The van der Waals surface area contributed by atoms with Gasteiger partial charge >= 0.3 is 0 Å². The molecule has 0 aliphatic rings. The summed E-state index contributed by atoms with van der Waals surface area (Å²) >= 11 is 1.85. The van der Waals surface area contributed by atoms with E-state index in [1.807, 2.05) is 25.6 Å². The summed E-state index contributed by atoms with van der Waals surface area (Å²) in [5.41, 5.74) is 0. The zero-order valence-electron chi connectivity index (χ0n) is 7.52. The van der Waals surface area contributed by atoms with Crippen LogP contribution in [0.1, 0.15) is 27.2 Å². The van der Waals surface area contributed by atoms with Crippen LogP contribution in [0, 0.1) is 0 Å². The molecular formula is C8H17NOS. The number of hydrogen-bond acceptors (Lipinski definition) is 2. The van der Waals surface area contributed by atoms with Gasteiger partial charge in [-0.3, -0.25) is 4.79 Å². The van der Waals surface area contributed by atoms with Crippen LogP contribution in [-0.2, 0) is 4.79 Å². The molecule has 1 atom stereocenters. The second-order valence-corrected chi connectivity index (χ2v) is 3.80. The van der Waals surface area contributed by atoms with Crippen molar-refractivity contribution < 1.29 is 4.79 Å². The van der Waals surface area contributed by atoms with Crippen molar-refractivity contribution in [3.05, 3.63) is 0 Å². The zero-order valence-corrected chi connectivity index (χ0v) is 8.33. The third-order valence-electron chi connectivity index (χ3n) is 1.30. The average molecular weight is 175 g/mol. The first kappa shape index (κ1) is 10.8. The fraction of sp³-hybridized carbons (Fsp3) is 0.875. The maximum Gasteiger partial charge on any atom is 0.219 e. The Kier molecular flexibility index (Phi) is 6.42. The molecule has 0 aromatic heterocycles. The Morgan fingerprint density at radius 2 is 2.18 bits per heavy atom. The largest absolute Gasteiger partial charge is 0.353 e. The molecule has 0 bridgehead atoms. The van der Waals surface area contributed by atoms with Crippen LogP contribution in [0.15, 0.2) is 0 Å². The smallest absolute Gasteiger partial charge is 0.219 e. The predicted molar refractivity (Wildman–Crippen MR) is 50.9 cm³/mol. The summed E-state index contributed by atoms with van der Waals surface area (Å²) in [6, 6.07) is 0.312. The molecule has 2 nitrogen and oxygen atoms in total. The van der Waals surface area contributed by atoms with E-state index in [4.69, 9.17) is 0 Å². The monoisotopic (exact) mass is 175 g/mol. The number of carbonyl (C=O) groups excluding carboxylic acids is 1. The molecule has 0 aliphatic heterocycles. The van der Waals surface area contributed by atoms with Gasteiger partial charge in [-0.25, -0.2) is 0 Å². The van der Waals surface area contributed by atoms with Gasteiger partial charge in [0, 0.05) is 18.2 Å². The van der Waals surface area contributed by atoms with Crippen molar-refractivity contribution >= 4 is 17.7 Å². The first-order valence-electron chi connectivity index (χ1n) is 4.07. The molecule has 0 heterocycles. The van der Waals surface area contributed by atoms with Gasteiger partial charge < -0.3 is 5.32 Å². The average Bonchev–Trinajstić information content (AvgIpc) is 2.00. The van der Waals surface area contributed by atoms with Crippen LogP contribution < -0.4 is 5.32 Å². The van der Waals surface area contributed by atoms with E-state index in [1.54, 1.807) is 0 Å². The van der Waals surface area contributed by atoms with Gasteiger partial charge in [-0.05, 0) is 12.7 Å². The standard InChI is InChI=1S/C8H17NOS/c1-4-8(10)9-7(3)6-11-5-2/h7H,4-6H2,1-3H3,(H,9,10). The lowest BCUT2D eigenvalue weighted by atomic mass is 10.3. The normalized spacial score (nSPS) is 12.6. The van der Waals surface area contributed by atoms with E-state index < -0.39 is 0 Å². The lowest BCUT2D eigenvalue weighted by Gasteiger charge is -2.11. The molecule has 3 heteroatoms. The van der Waals surface area contributed by atoms with E-state index in [-0.39, 0.29) is 5.91 Å². The summed E-state index contributed by atoms with van der Waals surface area (Å²) in [6.45, 7) is 6.03. The highest BCUT2D eigenvalue weighted by atomic mass is 32.2. The van der Waals surface area contributed by atoms with Crippen LogP contribution >= 0.6 is 11.8 Å². The molecular weight excluding hydrogens is 158 g/mol. The summed E-state index contributed by atoms with van der Waals surface area (Å²) < 4.78 is 0. The SMILES string of the molecule is CCSCC(C)NC(=O)CC. The summed E-state index contributed by atoms with van der Waals surface area (Å²) in [5.74, 6) is 2.28. The Balaban J connectivity index is 3.35. The highest BCUT2D eigenvalue weighted by molar-refractivity contribution is 7.99. The number of amides is 1. The topological polar surface area (TPSA) is 29.1 Å². The van der Waals surface area contributed by atoms with Crippen molar-refractivity contribution in [2.75, 3.05) is 11.5 Å². The van der Waals surface area contributed by atoms with E-state index in [9.17, 15) is 4.79 Å². The Morgan fingerprint density at radius 3 is 2.64 bits per heavy atom. The molecule has 11 heavy (non-hydrogen) atoms. The molecule has 1 unspecified atom stereocenters. The molecule has 0 aromatic carbocycles. The van der Waals surface area contributed by atoms with Crippen LogP contribution in [0.3, 0.4) is 0 Å². The number of hydrogen-bond donors (Lipinski definition) is 1. The van der Waals surface area contributed by atoms with Crippen LogP contribution in [0.5, 0.6) is 0 Å². The zero-order chi connectivity index (χ0) is 8.69. The van der Waals surface area contributed by atoms with Gasteiger partial charge in [-0.1, -0.05) is 13.8 Å². The van der Waals surface area contributed by atoms with E-state index in [0.717, 1.165) is 11.5 Å². The van der Waals surface area contributed by atoms with Crippen LogP contribution in [0.4, 0.5) is 0 Å².